The minimum absolute atomic E-state index is 0.0521. The van der Waals surface area contributed by atoms with Crippen LogP contribution in [-0.4, -0.2) is 37.9 Å². The van der Waals surface area contributed by atoms with E-state index in [2.05, 4.69) is 12.2 Å². The zero-order chi connectivity index (χ0) is 12.1. The van der Waals surface area contributed by atoms with Crippen LogP contribution in [0.1, 0.15) is 39.0 Å². The molecule has 2 rings (SSSR count). The lowest BCUT2D eigenvalue weighted by molar-refractivity contribution is -0.152. The SMILES string of the molecule is CCCC1(C(=O)OCC2CCOC2)CCCN1. The van der Waals surface area contributed by atoms with Gasteiger partial charge in [0.25, 0.3) is 0 Å². The van der Waals surface area contributed by atoms with Crippen LogP contribution in [0.2, 0.25) is 0 Å². The third-order valence-electron chi connectivity index (χ3n) is 3.79. The number of rotatable bonds is 5. The standard InChI is InChI=1S/C13H23NO3/c1-2-5-13(6-3-7-14-13)12(15)17-10-11-4-8-16-9-11/h11,14H,2-10H2,1H3. The Hall–Kier alpha value is -0.610. The highest BCUT2D eigenvalue weighted by Gasteiger charge is 2.41. The predicted molar refractivity (Wildman–Crippen MR) is 64.8 cm³/mol. The van der Waals surface area contributed by atoms with Crippen molar-refractivity contribution in [2.75, 3.05) is 26.4 Å². The van der Waals surface area contributed by atoms with Gasteiger partial charge < -0.3 is 14.8 Å². The summed E-state index contributed by atoms with van der Waals surface area (Å²) < 4.78 is 10.8. The lowest BCUT2D eigenvalue weighted by Crippen LogP contribution is -2.48. The zero-order valence-corrected chi connectivity index (χ0v) is 10.7. The van der Waals surface area contributed by atoms with Crippen molar-refractivity contribution in [1.29, 1.82) is 0 Å². The quantitative estimate of drug-likeness (QED) is 0.741. The Morgan fingerprint density at radius 1 is 1.59 bits per heavy atom. The van der Waals surface area contributed by atoms with Crippen LogP contribution >= 0.6 is 0 Å². The second kappa shape index (κ2) is 5.83. The Morgan fingerprint density at radius 3 is 3.06 bits per heavy atom. The van der Waals surface area contributed by atoms with Gasteiger partial charge in [-0.3, -0.25) is 4.79 Å². The van der Waals surface area contributed by atoms with E-state index in [0.717, 1.165) is 51.9 Å². The lowest BCUT2D eigenvalue weighted by Gasteiger charge is -2.27. The van der Waals surface area contributed by atoms with Crippen LogP contribution in [0.4, 0.5) is 0 Å². The molecule has 0 bridgehead atoms. The average Bonchev–Trinajstić information content (AvgIpc) is 2.97. The molecule has 4 nitrogen and oxygen atoms in total. The van der Waals surface area contributed by atoms with E-state index >= 15 is 0 Å². The molecule has 2 saturated heterocycles. The first-order chi connectivity index (χ1) is 8.27. The van der Waals surface area contributed by atoms with Gasteiger partial charge in [-0.15, -0.1) is 0 Å². The van der Waals surface area contributed by atoms with Crippen molar-refractivity contribution in [3.8, 4) is 0 Å². The highest BCUT2D eigenvalue weighted by atomic mass is 16.5. The summed E-state index contributed by atoms with van der Waals surface area (Å²) >= 11 is 0. The van der Waals surface area contributed by atoms with Gasteiger partial charge in [0.15, 0.2) is 0 Å². The van der Waals surface area contributed by atoms with Gasteiger partial charge in [-0.05, 0) is 32.2 Å². The number of hydrogen-bond acceptors (Lipinski definition) is 4. The Morgan fingerprint density at radius 2 is 2.47 bits per heavy atom. The molecule has 0 aromatic rings. The summed E-state index contributed by atoms with van der Waals surface area (Å²) in [7, 11) is 0. The summed E-state index contributed by atoms with van der Waals surface area (Å²) in [6, 6.07) is 0. The number of esters is 1. The molecule has 17 heavy (non-hydrogen) atoms. The van der Waals surface area contributed by atoms with Crippen molar-refractivity contribution in [2.24, 2.45) is 5.92 Å². The monoisotopic (exact) mass is 241 g/mol. The molecule has 2 atom stereocenters. The van der Waals surface area contributed by atoms with Crippen LogP contribution in [-0.2, 0) is 14.3 Å². The molecular formula is C13H23NO3. The summed E-state index contributed by atoms with van der Waals surface area (Å²) in [5.41, 5.74) is -0.395. The molecule has 2 fully saturated rings. The van der Waals surface area contributed by atoms with Crippen molar-refractivity contribution in [1.82, 2.24) is 5.32 Å². The van der Waals surface area contributed by atoms with Crippen LogP contribution in [0.3, 0.4) is 0 Å². The highest BCUT2D eigenvalue weighted by molar-refractivity contribution is 5.81. The Bertz CT molecular complexity index is 255. The second-order valence-electron chi connectivity index (χ2n) is 5.19. The second-order valence-corrected chi connectivity index (χ2v) is 5.19. The molecule has 0 aromatic carbocycles. The van der Waals surface area contributed by atoms with E-state index < -0.39 is 5.54 Å². The molecule has 0 aromatic heterocycles. The minimum Gasteiger partial charge on any atom is -0.464 e. The van der Waals surface area contributed by atoms with Crippen LogP contribution in [0.25, 0.3) is 0 Å². The molecule has 0 aliphatic carbocycles. The molecule has 4 heteroatoms. The highest BCUT2D eigenvalue weighted by Crippen LogP contribution is 2.26. The van der Waals surface area contributed by atoms with Crippen molar-refractivity contribution in [2.45, 2.75) is 44.6 Å². The van der Waals surface area contributed by atoms with Gasteiger partial charge in [0.05, 0.1) is 13.2 Å². The molecule has 0 amide bonds. The Balaban J connectivity index is 1.83. The summed E-state index contributed by atoms with van der Waals surface area (Å²) in [5.74, 6) is 0.350. The number of ether oxygens (including phenoxy) is 2. The largest absolute Gasteiger partial charge is 0.464 e. The van der Waals surface area contributed by atoms with Gasteiger partial charge in [0, 0.05) is 12.5 Å². The van der Waals surface area contributed by atoms with E-state index in [-0.39, 0.29) is 5.97 Å². The Kier molecular flexibility index (Phi) is 4.40. The first-order valence-electron chi connectivity index (χ1n) is 6.77. The van der Waals surface area contributed by atoms with Crippen molar-refractivity contribution >= 4 is 5.97 Å². The summed E-state index contributed by atoms with van der Waals surface area (Å²) in [6.07, 6.45) is 4.89. The molecule has 0 radical (unpaired) electrons. The molecule has 0 spiro atoms. The van der Waals surface area contributed by atoms with Gasteiger partial charge in [-0.1, -0.05) is 13.3 Å². The van der Waals surface area contributed by atoms with E-state index in [1.54, 1.807) is 0 Å². The van der Waals surface area contributed by atoms with Crippen molar-refractivity contribution in [3.63, 3.8) is 0 Å². The molecule has 2 unspecified atom stereocenters. The Labute approximate surface area is 103 Å². The molecule has 98 valence electrons. The third kappa shape index (κ3) is 2.99. The minimum atomic E-state index is -0.395. The van der Waals surface area contributed by atoms with E-state index in [0.29, 0.717) is 12.5 Å². The fourth-order valence-electron chi connectivity index (χ4n) is 2.77. The maximum atomic E-state index is 12.2. The third-order valence-corrected chi connectivity index (χ3v) is 3.79. The molecule has 2 heterocycles. The number of hydrogen-bond donors (Lipinski definition) is 1. The molecule has 0 saturated carbocycles. The molecule has 2 aliphatic heterocycles. The van der Waals surface area contributed by atoms with Gasteiger partial charge in [-0.25, -0.2) is 0 Å². The number of nitrogens with one attached hydrogen (secondary N) is 1. The maximum Gasteiger partial charge on any atom is 0.326 e. The van der Waals surface area contributed by atoms with E-state index in [4.69, 9.17) is 9.47 Å². The van der Waals surface area contributed by atoms with E-state index in [9.17, 15) is 4.79 Å². The molecule has 1 N–H and O–H groups in total. The van der Waals surface area contributed by atoms with Crippen LogP contribution < -0.4 is 5.32 Å². The first kappa shape index (κ1) is 12.8. The predicted octanol–water partition coefficient (Wildman–Crippen LogP) is 1.49. The maximum absolute atomic E-state index is 12.2. The summed E-state index contributed by atoms with van der Waals surface area (Å²) in [6.45, 7) is 5.11. The normalized spacial score (nSPS) is 32.9. The van der Waals surface area contributed by atoms with Crippen LogP contribution in [0.5, 0.6) is 0 Å². The van der Waals surface area contributed by atoms with Gasteiger partial charge >= 0.3 is 5.97 Å². The summed E-state index contributed by atoms with van der Waals surface area (Å²) in [5, 5.41) is 3.34. The number of carbonyl (C=O) groups is 1. The van der Waals surface area contributed by atoms with Gasteiger partial charge in [-0.2, -0.15) is 0 Å². The van der Waals surface area contributed by atoms with Crippen molar-refractivity contribution in [3.05, 3.63) is 0 Å². The fourth-order valence-corrected chi connectivity index (χ4v) is 2.77. The molecular weight excluding hydrogens is 218 g/mol. The van der Waals surface area contributed by atoms with Gasteiger partial charge in [0.1, 0.15) is 5.54 Å². The fraction of sp³-hybridized carbons (Fsp3) is 0.923. The molecule has 2 aliphatic rings. The summed E-state index contributed by atoms with van der Waals surface area (Å²) in [4.78, 5) is 12.2. The lowest BCUT2D eigenvalue weighted by atomic mass is 9.92. The number of carbonyl (C=O) groups excluding carboxylic acids is 1. The van der Waals surface area contributed by atoms with Crippen molar-refractivity contribution < 1.29 is 14.3 Å². The zero-order valence-electron chi connectivity index (χ0n) is 10.7. The van der Waals surface area contributed by atoms with Gasteiger partial charge in [0.2, 0.25) is 0 Å². The average molecular weight is 241 g/mol. The van der Waals surface area contributed by atoms with E-state index in [1.165, 1.54) is 0 Å². The topological polar surface area (TPSA) is 47.6 Å². The van der Waals surface area contributed by atoms with Crippen LogP contribution in [0.15, 0.2) is 0 Å². The van der Waals surface area contributed by atoms with Crippen LogP contribution in [0, 0.1) is 5.92 Å². The van der Waals surface area contributed by atoms with E-state index in [1.807, 2.05) is 0 Å². The smallest absolute Gasteiger partial charge is 0.326 e. The first-order valence-corrected chi connectivity index (χ1v) is 6.77.